The lowest BCUT2D eigenvalue weighted by Crippen LogP contribution is -2.55. The van der Waals surface area contributed by atoms with Gasteiger partial charge in [-0.15, -0.1) is 0 Å². The molecule has 0 unspecified atom stereocenters. The van der Waals surface area contributed by atoms with Gasteiger partial charge >= 0.3 is 12.1 Å². The van der Waals surface area contributed by atoms with E-state index in [0.717, 1.165) is 25.7 Å². The van der Waals surface area contributed by atoms with E-state index in [4.69, 9.17) is 0 Å². The average molecular weight is 322 g/mol. The summed E-state index contributed by atoms with van der Waals surface area (Å²) in [5.41, 5.74) is -0.844. The van der Waals surface area contributed by atoms with Crippen LogP contribution < -0.4 is 16.0 Å². The standard InChI is InChI=1S/C16H26N4O3/c1-16(13(21)18-14(22)19-16)11-7-9-20(10-8-11)15(23)17-12-5-3-2-4-6-12/h11-12H,2-10H2,1H3,(H,17,23)(H2,18,19,21,22)/t16-/m0/s1. The summed E-state index contributed by atoms with van der Waals surface area (Å²) in [5, 5.41) is 8.19. The van der Waals surface area contributed by atoms with Gasteiger partial charge in [0.05, 0.1) is 0 Å². The van der Waals surface area contributed by atoms with Crippen LogP contribution in [-0.4, -0.2) is 47.5 Å². The van der Waals surface area contributed by atoms with E-state index in [2.05, 4.69) is 16.0 Å². The van der Waals surface area contributed by atoms with Crippen LogP contribution in [0.25, 0.3) is 0 Å². The fourth-order valence-electron chi connectivity index (χ4n) is 4.02. The highest BCUT2D eigenvalue weighted by molar-refractivity contribution is 6.06. The number of nitrogens with zero attached hydrogens (tertiary/aromatic N) is 1. The largest absolute Gasteiger partial charge is 0.335 e. The molecule has 1 saturated carbocycles. The van der Waals surface area contributed by atoms with Crippen LogP contribution in [0.5, 0.6) is 0 Å². The first-order chi connectivity index (χ1) is 11.0. The van der Waals surface area contributed by atoms with Crippen molar-refractivity contribution in [3.05, 3.63) is 0 Å². The zero-order valence-electron chi connectivity index (χ0n) is 13.7. The van der Waals surface area contributed by atoms with Crippen LogP contribution in [0, 0.1) is 5.92 Å². The van der Waals surface area contributed by atoms with Crippen molar-refractivity contribution in [1.29, 1.82) is 0 Å². The summed E-state index contributed by atoms with van der Waals surface area (Å²) in [6.45, 7) is 3.03. The third-order valence-corrected chi connectivity index (χ3v) is 5.60. The van der Waals surface area contributed by atoms with Crippen molar-refractivity contribution in [2.24, 2.45) is 5.92 Å². The molecule has 2 aliphatic heterocycles. The fraction of sp³-hybridized carbons (Fsp3) is 0.812. The highest BCUT2D eigenvalue weighted by Gasteiger charge is 2.48. The van der Waals surface area contributed by atoms with E-state index in [9.17, 15) is 14.4 Å². The number of carbonyl (C=O) groups excluding carboxylic acids is 3. The number of likely N-dealkylation sites (tertiary alicyclic amines) is 1. The van der Waals surface area contributed by atoms with Crippen molar-refractivity contribution in [1.82, 2.24) is 20.9 Å². The first-order valence-electron chi connectivity index (χ1n) is 8.68. The lowest BCUT2D eigenvalue weighted by Gasteiger charge is -2.39. The summed E-state index contributed by atoms with van der Waals surface area (Å²) in [7, 11) is 0. The van der Waals surface area contributed by atoms with Gasteiger partial charge in [-0.3, -0.25) is 10.1 Å². The molecule has 0 bridgehead atoms. The van der Waals surface area contributed by atoms with Gasteiger partial charge in [-0.05, 0) is 38.5 Å². The molecule has 1 atom stereocenters. The van der Waals surface area contributed by atoms with Crippen LogP contribution in [0.4, 0.5) is 9.59 Å². The van der Waals surface area contributed by atoms with E-state index in [1.54, 1.807) is 6.92 Å². The van der Waals surface area contributed by atoms with Gasteiger partial charge in [0.15, 0.2) is 0 Å². The molecule has 3 fully saturated rings. The van der Waals surface area contributed by atoms with E-state index in [1.807, 2.05) is 4.90 Å². The molecule has 3 rings (SSSR count). The Morgan fingerprint density at radius 1 is 1.13 bits per heavy atom. The maximum Gasteiger partial charge on any atom is 0.322 e. The molecule has 0 aromatic heterocycles. The van der Waals surface area contributed by atoms with Gasteiger partial charge in [0, 0.05) is 19.1 Å². The minimum atomic E-state index is -0.844. The molecular weight excluding hydrogens is 296 g/mol. The van der Waals surface area contributed by atoms with Gasteiger partial charge in [0.2, 0.25) is 0 Å². The molecule has 3 aliphatic rings. The molecule has 0 aromatic rings. The molecule has 0 aromatic carbocycles. The van der Waals surface area contributed by atoms with Crippen LogP contribution >= 0.6 is 0 Å². The lowest BCUT2D eigenvalue weighted by atomic mass is 9.79. The first-order valence-corrected chi connectivity index (χ1v) is 8.68. The summed E-state index contributed by atoms with van der Waals surface area (Å²) in [6, 6.07) is -0.0956. The summed E-state index contributed by atoms with van der Waals surface area (Å²) in [6.07, 6.45) is 7.26. The van der Waals surface area contributed by atoms with Gasteiger partial charge < -0.3 is 15.5 Å². The zero-order valence-corrected chi connectivity index (χ0v) is 13.7. The normalized spacial score (nSPS) is 30.0. The highest BCUT2D eigenvalue weighted by Crippen LogP contribution is 2.30. The van der Waals surface area contributed by atoms with E-state index in [1.165, 1.54) is 19.3 Å². The molecule has 5 amide bonds. The highest BCUT2D eigenvalue weighted by atomic mass is 16.2. The van der Waals surface area contributed by atoms with Crippen LogP contribution in [-0.2, 0) is 4.79 Å². The van der Waals surface area contributed by atoms with Crippen molar-refractivity contribution in [3.63, 3.8) is 0 Å². The minimum Gasteiger partial charge on any atom is -0.335 e. The molecule has 7 nitrogen and oxygen atoms in total. The maximum absolute atomic E-state index is 12.4. The van der Waals surface area contributed by atoms with Crippen molar-refractivity contribution in [3.8, 4) is 0 Å². The first kappa shape index (κ1) is 16.1. The predicted molar refractivity (Wildman–Crippen MR) is 84.8 cm³/mol. The third kappa shape index (κ3) is 3.28. The number of rotatable bonds is 2. The number of imide groups is 1. The minimum absolute atomic E-state index is 0.0143. The Bertz CT molecular complexity index is 496. The van der Waals surface area contributed by atoms with Crippen molar-refractivity contribution < 1.29 is 14.4 Å². The Morgan fingerprint density at radius 3 is 2.35 bits per heavy atom. The number of hydrogen-bond donors (Lipinski definition) is 3. The summed E-state index contributed by atoms with van der Waals surface area (Å²) >= 11 is 0. The molecule has 3 N–H and O–H groups in total. The molecule has 2 saturated heterocycles. The molecule has 0 spiro atoms. The Kier molecular flexibility index (Phi) is 4.46. The monoisotopic (exact) mass is 322 g/mol. The van der Waals surface area contributed by atoms with Gasteiger partial charge in [-0.1, -0.05) is 19.3 Å². The number of urea groups is 2. The average Bonchev–Trinajstić information content (AvgIpc) is 2.82. The van der Waals surface area contributed by atoms with Gasteiger partial charge in [0.1, 0.15) is 5.54 Å². The molecule has 23 heavy (non-hydrogen) atoms. The van der Waals surface area contributed by atoms with Gasteiger partial charge in [-0.2, -0.15) is 0 Å². The van der Waals surface area contributed by atoms with E-state index < -0.39 is 11.6 Å². The topological polar surface area (TPSA) is 90.5 Å². The lowest BCUT2D eigenvalue weighted by molar-refractivity contribution is -0.125. The zero-order chi connectivity index (χ0) is 16.4. The number of piperidine rings is 1. The van der Waals surface area contributed by atoms with Crippen LogP contribution in [0.3, 0.4) is 0 Å². The van der Waals surface area contributed by atoms with Crippen molar-refractivity contribution in [2.45, 2.75) is 63.5 Å². The molecular formula is C16H26N4O3. The SMILES string of the molecule is C[C@@]1(C2CCN(C(=O)NC3CCCCC3)CC2)NC(=O)NC1=O. The summed E-state index contributed by atoms with van der Waals surface area (Å²) < 4.78 is 0. The summed E-state index contributed by atoms with van der Waals surface area (Å²) in [5.74, 6) is -0.194. The van der Waals surface area contributed by atoms with Gasteiger partial charge in [0.25, 0.3) is 5.91 Å². The van der Waals surface area contributed by atoms with Crippen LogP contribution in [0.2, 0.25) is 0 Å². The van der Waals surface area contributed by atoms with Crippen LogP contribution in [0.15, 0.2) is 0 Å². The Hall–Kier alpha value is -1.79. The second-order valence-electron chi connectivity index (χ2n) is 7.16. The quantitative estimate of drug-likeness (QED) is 0.670. The Balaban J connectivity index is 1.51. The smallest absolute Gasteiger partial charge is 0.322 e. The molecule has 0 radical (unpaired) electrons. The van der Waals surface area contributed by atoms with Crippen molar-refractivity contribution >= 4 is 18.0 Å². The molecule has 1 aliphatic carbocycles. The fourth-order valence-corrected chi connectivity index (χ4v) is 4.02. The van der Waals surface area contributed by atoms with Crippen molar-refractivity contribution in [2.75, 3.05) is 13.1 Å². The number of carbonyl (C=O) groups is 3. The second kappa shape index (κ2) is 6.37. The predicted octanol–water partition coefficient (Wildman–Crippen LogP) is 1.34. The number of hydrogen-bond acceptors (Lipinski definition) is 3. The number of nitrogens with one attached hydrogen (secondary N) is 3. The molecule has 7 heteroatoms. The molecule has 128 valence electrons. The summed E-state index contributed by atoms with van der Waals surface area (Å²) in [4.78, 5) is 37.6. The van der Waals surface area contributed by atoms with E-state index in [-0.39, 0.29) is 17.9 Å². The van der Waals surface area contributed by atoms with Crippen LogP contribution in [0.1, 0.15) is 51.9 Å². The maximum atomic E-state index is 12.4. The second-order valence-corrected chi connectivity index (χ2v) is 7.16. The number of amides is 5. The molecule has 2 heterocycles. The van der Waals surface area contributed by atoms with Gasteiger partial charge in [-0.25, -0.2) is 9.59 Å². The Labute approximate surface area is 136 Å². The van der Waals surface area contributed by atoms with E-state index in [0.29, 0.717) is 19.1 Å². The Morgan fingerprint density at radius 2 is 1.78 bits per heavy atom. The van der Waals surface area contributed by atoms with E-state index >= 15 is 0 Å². The third-order valence-electron chi connectivity index (χ3n) is 5.60.